The third-order valence-electron chi connectivity index (χ3n) is 8.73. The molecule has 3 nitrogen and oxygen atoms in total. The smallest absolute Gasteiger partial charge is 0.400 e. The molecule has 39 heavy (non-hydrogen) atoms. The largest absolute Gasteiger partial charge is 0.432 e. The predicted molar refractivity (Wildman–Crippen MR) is 137 cm³/mol. The van der Waals surface area contributed by atoms with Gasteiger partial charge in [-0.3, -0.25) is 0 Å². The standard InChI is InChI=1S/C31H35F5O3/c1-2-19-17-37-30(38-18-19)24-9-7-22(8-10-24)20-3-5-21(6-4-20)23-11-13-25(14-12-23)31(35,36)39-26-15-27(32)29(34)28(33)16-26/h2-6,15-16,19,22-25,30H,1,7-14,17-18H2. The molecule has 0 bridgehead atoms. The Morgan fingerprint density at radius 1 is 0.769 bits per heavy atom. The van der Waals surface area contributed by atoms with Crippen LogP contribution in [0.3, 0.4) is 0 Å². The molecule has 2 saturated carbocycles. The van der Waals surface area contributed by atoms with E-state index in [-0.39, 0.29) is 31.0 Å². The predicted octanol–water partition coefficient (Wildman–Crippen LogP) is 8.50. The minimum Gasteiger partial charge on any atom is -0.432 e. The van der Waals surface area contributed by atoms with Crippen LogP contribution in [0.1, 0.15) is 74.3 Å². The number of hydrogen-bond acceptors (Lipinski definition) is 3. The van der Waals surface area contributed by atoms with Gasteiger partial charge in [0.1, 0.15) is 5.75 Å². The Labute approximate surface area is 226 Å². The van der Waals surface area contributed by atoms with Crippen LogP contribution in [-0.2, 0) is 9.47 Å². The topological polar surface area (TPSA) is 27.7 Å². The Hall–Kier alpha value is -2.45. The number of ether oxygens (including phenoxy) is 3. The second-order valence-electron chi connectivity index (χ2n) is 11.2. The van der Waals surface area contributed by atoms with Crippen LogP contribution in [0.4, 0.5) is 22.0 Å². The minimum absolute atomic E-state index is 0.115. The first-order chi connectivity index (χ1) is 18.7. The molecule has 0 aromatic heterocycles. The van der Waals surface area contributed by atoms with Gasteiger partial charge < -0.3 is 14.2 Å². The van der Waals surface area contributed by atoms with E-state index in [0.29, 0.717) is 50.0 Å². The molecule has 1 saturated heterocycles. The SMILES string of the molecule is C=CC1COC(C2CCC(c3ccc(C4CCC(C(F)(F)Oc5cc(F)c(F)c(F)c5)CC4)cc3)CC2)OC1. The van der Waals surface area contributed by atoms with Crippen molar-refractivity contribution >= 4 is 0 Å². The molecule has 1 heterocycles. The molecule has 5 rings (SSSR count). The van der Waals surface area contributed by atoms with Crippen molar-refractivity contribution in [3.8, 4) is 5.75 Å². The first-order valence-corrected chi connectivity index (χ1v) is 13.9. The second kappa shape index (κ2) is 12.0. The number of benzene rings is 2. The average Bonchev–Trinajstić information content (AvgIpc) is 2.96. The van der Waals surface area contributed by atoms with Crippen molar-refractivity contribution < 1.29 is 36.2 Å². The first-order valence-electron chi connectivity index (χ1n) is 13.9. The molecule has 0 N–H and O–H groups in total. The maximum atomic E-state index is 14.7. The lowest BCUT2D eigenvalue weighted by atomic mass is 9.76. The summed E-state index contributed by atoms with van der Waals surface area (Å²) in [5.41, 5.74) is 2.44. The summed E-state index contributed by atoms with van der Waals surface area (Å²) in [5.74, 6) is -5.28. The molecule has 0 unspecified atom stereocenters. The third-order valence-corrected chi connectivity index (χ3v) is 8.73. The minimum atomic E-state index is -3.61. The van der Waals surface area contributed by atoms with Gasteiger partial charge >= 0.3 is 6.11 Å². The number of hydrogen-bond donors (Lipinski definition) is 0. The maximum Gasteiger partial charge on any atom is 0.400 e. The van der Waals surface area contributed by atoms with Crippen LogP contribution in [0.15, 0.2) is 49.1 Å². The van der Waals surface area contributed by atoms with E-state index in [0.717, 1.165) is 31.2 Å². The van der Waals surface area contributed by atoms with Gasteiger partial charge in [0.05, 0.1) is 19.1 Å². The fourth-order valence-electron chi connectivity index (χ4n) is 6.30. The van der Waals surface area contributed by atoms with E-state index < -0.39 is 35.2 Å². The van der Waals surface area contributed by atoms with Gasteiger partial charge in [-0.1, -0.05) is 30.3 Å². The van der Waals surface area contributed by atoms with Crippen molar-refractivity contribution in [1.82, 2.24) is 0 Å². The monoisotopic (exact) mass is 550 g/mol. The molecule has 0 spiro atoms. The highest BCUT2D eigenvalue weighted by atomic mass is 19.3. The van der Waals surface area contributed by atoms with Gasteiger partial charge in [-0.25, -0.2) is 13.2 Å². The molecular weight excluding hydrogens is 515 g/mol. The Bertz CT molecular complexity index is 1090. The summed E-state index contributed by atoms with van der Waals surface area (Å²) < 4.78 is 85.9. The van der Waals surface area contributed by atoms with Crippen molar-refractivity contribution in [1.29, 1.82) is 0 Å². The van der Waals surface area contributed by atoms with E-state index in [2.05, 4.69) is 35.6 Å². The molecule has 8 heteroatoms. The maximum absolute atomic E-state index is 14.7. The fourth-order valence-corrected chi connectivity index (χ4v) is 6.30. The third kappa shape index (κ3) is 6.49. The van der Waals surface area contributed by atoms with Gasteiger partial charge in [-0.15, -0.1) is 6.58 Å². The lowest BCUT2D eigenvalue weighted by Crippen LogP contribution is -2.37. The second-order valence-corrected chi connectivity index (χ2v) is 11.2. The van der Waals surface area contributed by atoms with E-state index >= 15 is 0 Å². The van der Waals surface area contributed by atoms with Gasteiger partial charge in [0.2, 0.25) is 0 Å². The van der Waals surface area contributed by atoms with Gasteiger partial charge in [0.25, 0.3) is 0 Å². The van der Waals surface area contributed by atoms with E-state index in [9.17, 15) is 22.0 Å². The van der Waals surface area contributed by atoms with Crippen LogP contribution in [0.5, 0.6) is 5.75 Å². The summed E-state index contributed by atoms with van der Waals surface area (Å²) in [6.07, 6.45) is 4.02. The Balaban J connectivity index is 1.10. The van der Waals surface area contributed by atoms with Gasteiger partial charge in [0, 0.05) is 24.0 Å². The highest BCUT2D eigenvalue weighted by Gasteiger charge is 2.44. The van der Waals surface area contributed by atoms with Gasteiger partial charge in [0.15, 0.2) is 23.7 Å². The Morgan fingerprint density at radius 2 is 1.26 bits per heavy atom. The van der Waals surface area contributed by atoms with Gasteiger partial charge in [-0.2, -0.15) is 8.78 Å². The molecule has 212 valence electrons. The molecule has 1 aliphatic heterocycles. The van der Waals surface area contributed by atoms with Crippen molar-refractivity contribution in [2.75, 3.05) is 13.2 Å². The summed E-state index contributed by atoms with van der Waals surface area (Å²) in [7, 11) is 0. The highest BCUT2D eigenvalue weighted by molar-refractivity contribution is 5.29. The van der Waals surface area contributed by atoms with Crippen molar-refractivity contribution in [2.45, 2.75) is 75.6 Å². The van der Waals surface area contributed by atoms with E-state index in [1.807, 2.05) is 6.08 Å². The van der Waals surface area contributed by atoms with Crippen LogP contribution in [0.25, 0.3) is 0 Å². The van der Waals surface area contributed by atoms with Crippen LogP contribution in [0.2, 0.25) is 0 Å². The van der Waals surface area contributed by atoms with E-state index in [1.54, 1.807) is 0 Å². The van der Waals surface area contributed by atoms with Crippen LogP contribution >= 0.6 is 0 Å². The summed E-state index contributed by atoms with van der Waals surface area (Å²) in [6, 6.07) is 9.47. The molecule has 0 amide bonds. The Morgan fingerprint density at radius 3 is 1.74 bits per heavy atom. The van der Waals surface area contributed by atoms with Crippen molar-refractivity contribution in [3.63, 3.8) is 0 Å². The summed E-state index contributed by atoms with van der Waals surface area (Å²) in [6.45, 7) is 5.16. The van der Waals surface area contributed by atoms with E-state index in [4.69, 9.17) is 9.47 Å². The fraction of sp³-hybridized carbons (Fsp3) is 0.548. The molecule has 0 atom stereocenters. The van der Waals surface area contributed by atoms with Crippen LogP contribution < -0.4 is 4.74 Å². The quantitative estimate of drug-likeness (QED) is 0.197. The summed E-state index contributed by atoms with van der Waals surface area (Å²) in [5, 5.41) is 0. The molecule has 2 aromatic rings. The lowest BCUT2D eigenvalue weighted by Gasteiger charge is -2.37. The number of rotatable bonds is 7. The van der Waals surface area contributed by atoms with Crippen LogP contribution in [-0.4, -0.2) is 25.6 Å². The summed E-state index contributed by atoms with van der Waals surface area (Å²) in [4.78, 5) is 0. The molecule has 3 fully saturated rings. The zero-order chi connectivity index (χ0) is 27.6. The van der Waals surface area contributed by atoms with Crippen molar-refractivity contribution in [3.05, 3.63) is 77.6 Å². The molecule has 2 aliphatic carbocycles. The molecule has 3 aliphatic rings. The normalized spacial score (nSPS) is 30.1. The molecule has 0 radical (unpaired) electrons. The molecule has 2 aromatic carbocycles. The van der Waals surface area contributed by atoms with E-state index in [1.165, 1.54) is 5.56 Å². The number of alkyl halides is 2. The zero-order valence-electron chi connectivity index (χ0n) is 21.9. The zero-order valence-corrected chi connectivity index (χ0v) is 21.9. The molecular formula is C31H35F5O3. The average molecular weight is 551 g/mol. The summed E-state index contributed by atoms with van der Waals surface area (Å²) >= 11 is 0. The lowest BCUT2D eigenvalue weighted by molar-refractivity contribution is -0.222. The van der Waals surface area contributed by atoms with Crippen LogP contribution in [0, 0.1) is 35.2 Å². The highest BCUT2D eigenvalue weighted by Crippen LogP contribution is 2.44. The van der Waals surface area contributed by atoms with Crippen molar-refractivity contribution in [2.24, 2.45) is 17.8 Å². The Kier molecular flexibility index (Phi) is 8.62. The van der Waals surface area contributed by atoms with Gasteiger partial charge in [-0.05, 0) is 74.3 Å². The first kappa shape index (κ1) is 28.1. The number of halogens is 5.